The Hall–Kier alpha value is -2.40. The maximum absolute atomic E-state index is 11.0. The van der Waals surface area contributed by atoms with E-state index in [0.29, 0.717) is 0 Å². The highest BCUT2D eigenvalue weighted by Gasteiger charge is 2.17. The van der Waals surface area contributed by atoms with Crippen molar-refractivity contribution < 1.29 is 14.3 Å². The third-order valence-corrected chi connectivity index (χ3v) is 4.00. The summed E-state index contributed by atoms with van der Waals surface area (Å²) in [6, 6.07) is 13.7. The average molecular weight is 299 g/mol. The van der Waals surface area contributed by atoms with Gasteiger partial charge in [0.2, 0.25) is 0 Å². The molecule has 21 heavy (non-hydrogen) atoms. The van der Waals surface area contributed by atoms with Crippen LogP contribution in [0.15, 0.2) is 64.5 Å². The molecule has 0 amide bonds. The fourth-order valence-corrected chi connectivity index (χ4v) is 2.88. The lowest BCUT2D eigenvalue weighted by atomic mass is 10.3. The smallest absolute Gasteiger partial charge is 0.331 e. The number of fused-ring (bicyclic) bond motifs is 2. The maximum Gasteiger partial charge on any atom is 0.331 e. The Morgan fingerprint density at radius 2 is 2.00 bits per heavy atom. The highest BCUT2D eigenvalue weighted by Crippen LogP contribution is 2.47. The van der Waals surface area contributed by atoms with Gasteiger partial charge in [-0.15, -0.1) is 0 Å². The highest BCUT2D eigenvalue weighted by atomic mass is 32.2. The highest BCUT2D eigenvalue weighted by molar-refractivity contribution is 7.99. The molecule has 0 atom stereocenters. The lowest BCUT2D eigenvalue weighted by molar-refractivity contribution is -0.134. The van der Waals surface area contributed by atoms with Gasteiger partial charge in [-0.25, -0.2) is 4.79 Å². The SMILES string of the molecule is COC(=O)C=CNc1ccc2c(c1)Sc1ccccc1O2. The number of ether oxygens (including phenoxy) is 2. The molecule has 0 bridgehead atoms. The number of hydrogen-bond acceptors (Lipinski definition) is 5. The number of anilines is 1. The molecule has 106 valence electrons. The Labute approximate surface area is 126 Å². The topological polar surface area (TPSA) is 47.6 Å². The Morgan fingerprint density at radius 3 is 2.86 bits per heavy atom. The summed E-state index contributed by atoms with van der Waals surface area (Å²) in [5.41, 5.74) is 0.879. The van der Waals surface area contributed by atoms with Crippen molar-refractivity contribution in [3.63, 3.8) is 0 Å². The molecule has 0 unspecified atom stereocenters. The van der Waals surface area contributed by atoms with Crippen LogP contribution in [0.2, 0.25) is 0 Å². The van der Waals surface area contributed by atoms with Gasteiger partial charge < -0.3 is 14.8 Å². The van der Waals surface area contributed by atoms with Gasteiger partial charge in [0.1, 0.15) is 11.5 Å². The predicted molar refractivity (Wildman–Crippen MR) is 81.9 cm³/mol. The van der Waals surface area contributed by atoms with E-state index in [-0.39, 0.29) is 0 Å². The molecule has 3 rings (SSSR count). The predicted octanol–water partition coefficient (Wildman–Crippen LogP) is 4.04. The van der Waals surface area contributed by atoms with Crippen LogP contribution in [-0.4, -0.2) is 13.1 Å². The van der Waals surface area contributed by atoms with E-state index < -0.39 is 5.97 Å². The van der Waals surface area contributed by atoms with Crippen LogP contribution in [0, 0.1) is 0 Å². The molecule has 2 aromatic carbocycles. The van der Waals surface area contributed by atoms with Crippen LogP contribution >= 0.6 is 11.8 Å². The van der Waals surface area contributed by atoms with E-state index in [2.05, 4.69) is 10.1 Å². The standard InChI is InChI=1S/C16H13NO3S/c1-19-16(18)8-9-17-11-6-7-13-15(10-11)21-14-5-3-2-4-12(14)20-13/h2-10,17H,1H3. The van der Waals surface area contributed by atoms with E-state index in [0.717, 1.165) is 27.0 Å². The van der Waals surface area contributed by atoms with Gasteiger partial charge in [-0.2, -0.15) is 0 Å². The lowest BCUT2D eigenvalue weighted by Crippen LogP contribution is -1.98. The van der Waals surface area contributed by atoms with Gasteiger partial charge >= 0.3 is 5.97 Å². The van der Waals surface area contributed by atoms with Crippen LogP contribution < -0.4 is 10.1 Å². The second-order valence-corrected chi connectivity index (χ2v) is 5.40. The largest absolute Gasteiger partial charge is 0.466 e. The Kier molecular flexibility index (Phi) is 3.83. The van der Waals surface area contributed by atoms with E-state index >= 15 is 0 Å². The van der Waals surface area contributed by atoms with Crippen molar-refractivity contribution in [2.45, 2.75) is 9.79 Å². The summed E-state index contributed by atoms with van der Waals surface area (Å²) in [6.45, 7) is 0. The summed E-state index contributed by atoms with van der Waals surface area (Å²) in [6.07, 6.45) is 2.88. The van der Waals surface area contributed by atoms with Crippen molar-refractivity contribution in [2.75, 3.05) is 12.4 Å². The Morgan fingerprint density at radius 1 is 1.19 bits per heavy atom. The molecular formula is C16H13NO3S. The van der Waals surface area contributed by atoms with Gasteiger partial charge in [0, 0.05) is 18.0 Å². The molecule has 1 heterocycles. The number of benzene rings is 2. The fraction of sp³-hybridized carbons (Fsp3) is 0.0625. The first-order valence-electron chi connectivity index (χ1n) is 6.36. The molecular weight excluding hydrogens is 286 g/mol. The summed E-state index contributed by atoms with van der Waals surface area (Å²) in [7, 11) is 1.34. The summed E-state index contributed by atoms with van der Waals surface area (Å²) in [4.78, 5) is 13.1. The van der Waals surface area contributed by atoms with Crippen LogP contribution in [0.1, 0.15) is 0 Å². The molecule has 1 aliphatic heterocycles. The Bertz CT molecular complexity index is 712. The molecule has 1 N–H and O–H groups in total. The van der Waals surface area contributed by atoms with Crippen LogP contribution in [-0.2, 0) is 9.53 Å². The van der Waals surface area contributed by atoms with Gasteiger partial charge in [0.25, 0.3) is 0 Å². The summed E-state index contributed by atoms with van der Waals surface area (Å²) >= 11 is 1.66. The molecule has 0 aliphatic carbocycles. The van der Waals surface area contributed by atoms with Gasteiger partial charge in [-0.3, -0.25) is 0 Å². The molecule has 5 heteroatoms. The van der Waals surface area contributed by atoms with E-state index in [1.165, 1.54) is 13.2 Å². The molecule has 0 radical (unpaired) electrons. The quantitative estimate of drug-likeness (QED) is 0.584. The molecule has 2 aromatic rings. The zero-order valence-corrected chi connectivity index (χ0v) is 12.1. The lowest BCUT2D eigenvalue weighted by Gasteiger charge is -2.19. The second kappa shape index (κ2) is 5.93. The summed E-state index contributed by atoms with van der Waals surface area (Å²) in [5, 5.41) is 3.03. The van der Waals surface area contributed by atoms with Crippen molar-refractivity contribution in [2.24, 2.45) is 0 Å². The molecule has 0 saturated carbocycles. The number of carbonyl (C=O) groups excluding carboxylic acids is 1. The number of carbonyl (C=O) groups is 1. The van der Waals surface area contributed by atoms with E-state index in [1.807, 2.05) is 42.5 Å². The zero-order valence-electron chi connectivity index (χ0n) is 11.3. The minimum atomic E-state index is -0.396. The van der Waals surface area contributed by atoms with Crippen molar-refractivity contribution in [1.29, 1.82) is 0 Å². The summed E-state index contributed by atoms with van der Waals surface area (Å²) < 4.78 is 10.4. The number of methoxy groups -OCH3 is 1. The van der Waals surface area contributed by atoms with Crippen LogP contribution in [0.25, 0.3) is 0 Å². The van der Waals surface area contributed by atoms with Crippen molar-refractivity contribution >= 4 is 23.4 Å². The minimum Gasteiger partial charge on any atom is -0.466 e. The number of rotatable bonds is 3. The van der Waals surface area contributed by atoms with Crippen LogP contribution in [0.4, 0.5) is 5.69 Å². The van der Waals surface area contributed by atoms with Crippen molar-refractivity contribution in [1.82, 2.24) is 0 Å². The molecule has 0 fully saturated rings. The van der Waals surface area contributed by atoms with Gasteiger partial charge in [-0.05, 0) is 30.3 Å². The normalized spacial score (nSPS) is 12.2. The second-order valence-electron chi connectivity index (χ2n) is 4.31. The first-order valence-corrected chi connectivity index (χ1v) is 7.18. The molecule has 0 saturated heterocycles. The molecule has 0 spiro atoms. The zero-order chi connectivity index (χ0) is 14.7. The van der Waals surface area contributed by atoms with Crippen molar-refractivity contribution in [3.8, 4) is 11.5 Å². The maximum atomic E-state index is 11.0. The molecule has 0 aromatic heterocycles. The van der Waals surface area contributed by atoms with Crippen LogP contribution in [0.5, 0.6) is 11.5 Å². The number of para-hydroxylation sites is 1. The molecule has 4 nitrogen and oxygen atoms in total. The minimum absolute atomic E-state index is 0.396. The number of hydrogen-bond donors (Lipinski definition) is 1. The van der Waals surface area contributed by atoms with Crippen LogP contribution in [0.3, 0.4) is 0 Å². The van der Waals surface area contributed by atoms with E-state index in [1.54, 1.807) is 18.0 Å². The number of nitrogens with one attached hydrogen (secondary N) is 1. The Balaban J connectivity index is 1.77. The summed E-state index contributed by atoms with van der Waals surface area (Å²) in [5.74, 6) is 1.31. The fourth-order valence-electron chi connectivity index (χ4n) is 1.89. The third-order valence-electron chi connectivity index (χ3n) is 2.90. The van der Waals surface area contributed by atoms with Crippen molar-refractivity contribution in [3.05, 3.63) is 54.7 Å². The first kappa shape index (κ1) is 13.6. The van der Waals surface area contributed by atoms with E-state index in [4.69, 9.17) is 4.74 Å². The molecule has 1 aliphatic rings. The third kappa shape index (κ3) is 3.03. The van der Waals surface area contributed by atoms with Gasteiger partial charge in [0.15, 0.2) is 0 Å². The average Bonchev–Trinajstić information content (AvgIpc) is 2.52. The number of esters is 1. The monoisotopic (exact) mass is 299 g/mol. The first-order chi connectivity index (χ1) is 10.3. The van der Waals surface area contributed by atoms with Gasteiger partial charge in [-0.1, -0.05) is 23.9 Å². The van der Waals surface area contributed by atoms with Gasteiger partial charge in [0.05, 0.1) is 16.9 Å². The van der Waals surface area contributed by atoms with E-state index in [9.17, 15) is 4.79 Å².